The summed E-state index contributed by atoms with van der Waals surface area (Å²) in [6.45, 7) is 5.28. The van der Waals surface area contributed by atoms with Crippen molar-refractivity contribution in [2.45, 2.75) is 76.0 Å². The monoisotopic (exact) mass is 549 g/mol. The Morgan fingerprint density at radius 2 is 1.97 bits per heavy atom. The lowest BCUT2D eigenvalue weighted by Crippen LogP contribution is -2.66. The van der Waals surface area contributed by atoms with Crippen molar-refractivity contribution >= 4 is 39.8 Å². The minimum atomic E-state index is -3.19. The Morgan fingerprint density at radius 1 is 1.27 bits per heavy atom. The third-order valence-corrected chi connectivity index (χ3v) is 7.83. The summed E-state index contributed by atoms with van der Waals surface area (Å²) in [6.07, 6.45) is 8.94. The number of benzene rings is 1. The van der Waals surface area contributed by atoms with E-state index in [2.05, 4.69) is 22.5 Å². The summed E-state index contributed by atoms with van der Waals surface area (Å²) in [6, 6.07) is 5.86. The maximum Gasteiger partial charge on any atom is 0.191 e. The van der Waals surface area contributed by atoms with Gasteiger partial charge in [0.2, 0.25) is 0 Å². The Hall–Kier alpha value is -0.870. The molecule has 2 aliphatic carbocycles. The fourth-order valence-corrected chi connectivity index (χ4v) is 6.01. The Morgan fingerprint density at radius 3 is 2.53 bits per heavy atom. The van der Waals surface area contributed by atoms with Crippen LogP contribution in [0.5, 0.6) is 0 Å². The molecule has 2 unspecified atom stereocenters. The van der Waals surface area contributed by atoms with Gasteiger partial charge in [-0.1, -0.05) is 31.4 Å². The average Bonchev–Trinajstić information content (AvgIpc) is 2.69. The molecule has 170 valence electrons. The second kappa shape index (κ2) is 10.6. The van der Waals surface area contributed by atoms with E-state index in [4.69, 9.17) is 4.74 Å². The minimum Gasteiger partial charge on any atom is -0.378 e. The number of nitrogens with one attached hydrogen (secondary N) is 2. The molecule has 2 saturated carbocycles. The number of guanidine groups is 1. The zero-order valence-electron chi connectivity index (χ0n) is 18.5. The van der Waals surface area contributed by atoms with Gasteiger partial charge >= 0.3 is 0 Å². The molecule has 0 heterocycles. The highest BCUT2D eigenvalue weighted by molar-refractivity contribution is 14.0. The van der Waals surface area contributed by atoms with E-state index in [-0.39, 0.29) is 29.4 Å². The number of sulfone groups is 1. The summed E-state index contributed by atoms with van der Waals surface area (Å²) in [5.74, 6) is 0.791. The lowest BCUT2D eigenvalue weighted by molar-refractivity contribution is -0.145. The smallest absolute Gasteiger partial charge is 0.191 e. The van der Waals surface area contributed by atoms with E-state index in [1.165, 1.54) is 38.4 Å². The molecule has 2 fully saturated rings. The highest BCUT2D eigenvalue weighted by Gasteiger charge is 2.55. The van der Waals surface area contributed by atoms with Gasteiger partial charge in [-0.3, -0.25) is 4.99 Å². The van der Waals surface area contributed by atoms with Gasteiger partial charge < -0.3 is 15.4 Å². The predicted molar refractivity (Wildman–Crippen MR) is 132 cm³/mol. The van der Waals surface area contributed by atoms with E-state index in [0.29, 0.717) is 23.6 Å². The van der Waals surface area contributed by atoms with Crippen LogP contribution in [0.25, 0.3) is 0 Å². The third-order valence-electron chi connectivity index (χ3n) is 6.57. The number of rotatable bonds is 6. The molecule has 2 aliphatic rings. The van der Waals surface area contributed by atoms with Crippen molar-refractivity contribution in [1.29, 1.82) is 0 Å². The first kappa shape index (κ1) is 25.4. The standard InChI is InChI=1S/C22H35N3O3S.HI/c1-5-28-20-14-19(22(20)11-7-6-8-12-22)25-21(23-3)24-15-17-9-10-18(16(2)13-17)29(4,26)27;/h9-10,13,19-20H,5-8,11-12,14-15H2,1-4H3,(H2,23,24,25);1H. The van der Waals surface area contributed by atoms with Crippen LogP contribution >= 0.6 is 24.0 Å². The first-order valence-electron chi connectivity index (χ1n) is 10.7. The van der Waals surface area contributed by atoms with E-state index in [1.54, 1.807) is 13.1 Å². The second-order valence-electron chi connectivity index (χ2n) is 8.47. The van der Waals surface area contributed by atoms with Crippen molar-refractivity contribution < 1.29 is 13.2 Å². The van der Waals surface area contributed by atoms with E-state index >= 15 is 0 Å². The summed E-state index contributed by atoms with van der Waals surface area (Å²) < 4.78 is 29.7. The molecular weight excluding hydrogens is 513 g/mol. The molecule has 30 heavy (non-hydrogen) atoms. The van der Waals surface area contributed by atoms with Crippen LogP contribution in [0.3, 0.4) is 0 Å². The van der Waals surface area contributed by atoms with Crippen LogP contribution in [-0.4, -0.2) is 46.4 Å². The number of aliphatic imine (C=N–C) groups is 1. The van der Waals surface area contributed by atoms with Gasteiger partial charge in [-0.25, -0.2) is 8.42 Å². The van der Waals surface area contributed by atoms with Crippen LogP contribution < -0.4 is 10.6 Å². The SMILES string of the molecule is CCOC1CC(NC(=NC)NCc2ccc(S(C)(=O)=O)c(C)c2)C12CCCCC2.I. The van der Waals surface area contributed by atoms with E-state index in [0.717, 1.165) is 30.1 Å². The molecule has 6 nitrogen and oxygen atoms in total. The number of aryl methyl sites for hydroxylation is 1. The number of ether oxygens (including phenoxy) is 1. The number of hydrogen-bond acceptors (Lipinski definition) is 4. The van der Waals surface area contributed by atoms with E-state index in [1.807, 2.05) is 19.1 Å². The fourth-order valence-electron chi connectivity index (χ4n) is 5.05. The van der Waals surface area contributed by atoms with Gasteiger partial charge in [0, 0.05) is 37.9 Å². The van der Waals surface area contributed by atoms with Crippen molar-refractivity contribution in [2.24, 2.45) is 10.4 Å². The van der Waals surface area contributed by atoms with Gasteiger partial charge in [0.25, 0.3) is 0 Å². The number of hydrogen-bond donors (Lipinski definition) is 2. The summed E-state index contributed by atoms with van der Waals surface area (Å²) in [7, 11) is -1.40. The molecule has 1 spiro atoms. The zero-order chi connectivity index (χ0) is 21.1. The summed E-state index contributed by atoms with van der Waals surface area (Å²) in [5.41, 5.74) is 2.04. The van der Waals surface area contributed by atoms with Gasteiger partial charge in [0.05, 0.1) is 11.0 Å². The molecule has 2 atom stereocenters. The minimum absolute atomic E-state index is 0. The molecule has 0 amide bonds. The molecule has 2 N–H and O–H groups in total. The van der Waals surface area contributed by atoms with Crippen LogP contribution in [-0.2, 0) is 21.1 Å². The largest absolute Gasteiger partial charge is 0.378 e. The van der Waals surface area contributed by atoms with E-state index < -0.39 is 9.84 Å². The average molecular weight is 550 g/mol. The molecule has 8 heteroatoms. The predicted octanol–water partition coefficient (Wildman–Crippen LogP) is 3.81. The summed E-state index contributed by atoms with van der Waals surface area (Å²) >= 11 is 0. The zero-order valence-corrected chi connectivity index (χ0v) is 21.7. The van der Waals surface area contributed by atoms with Crippen LogP contribution in [0, 0.1) is 12.3 Å². The topological polar surface area (TPSA) is 79.8 Å². The summed E-state index contributed by atoms with van der Waals surface area (Å²) in [4.78, 5) is 4.80. The number of halogens is 1. The summed E-state index contributed by atoms with van der Waals surface area (Å²) in [5, 5.41) is 7.02. The Bertz CT molecular complexity index is 851. The molecule has 0 bridgehead atoms. The number of nitrogens with zero attached hydrogens (tertiary/aromatic N) is 1. The van der Waals surface area contributed by atoms with Gasteiger partial charge in [-0.15, -0.1) is 24.0 Å². The molecular formula is C22H36IN3O3S. The highest BCUT2D eigenvalue weighted by Crippen LogP contribution is 2.53. The molecule has 3 rings (SSSR count). The quantitative estimate of drug-likeness (QED) is 0.321. The van der Waals surface area contributed by atoms with Crippen molar-refractivity contribution in [3.05, 3.63) is 29.3 Å². The molecule has 0 saturated heterocycles. The molecule has 0 aromatic heterocycles. The van der Waals surface area contributed by atoms with Crippen LogP contribution in [0.1, 0.15) is 56.6 Å². The van der Waals surface area contributed by atoms with Gasteiger partial charge in [0.15, 0.2) is 15.8 Å². The highest BCUT2D eigenvalue weighted by atomic mass is 127. The lowest BCUT2D eigenvalue weighted by atomic mass is 9.55. The molecule has 0 radical (unpaired) electrons. The fraction of sp³-hybridized carbons (Fsp3) is 0.682. The van der Waals surface area contributed by atoms with Gasteiger partial charge in [0.1, 0.15) is 0 Å². The maximum absolute atomic E-state index is 11.8. The Labute approximate surface area is 198 Å². The molecule has 1 aromatic carbocycles. The lowest BCUT2D eigenvalue weighted by Gasteiger charge is -2.57. The third kappa shape index (κ3) is 5.48. The van der Waals surface area contributed by atoms with Gasteiger partial charge in [-0.2, -0.15) is 0 Å². The first-order chi connectivity index (χ1) is 13.8. The van der Waals surface area contributed by atoms with E-state index in [9.17, 15) is 8.42 Å². The van der Waals surface area contributed by atoms with Crippen molar-refractivity contribution in [3.63, 3.8) is 0 Å². The van der Waals surface area contributed by atoms with Crippen molar-refractivity contribution in [3.8, 4) is 0 Å². The Balaban J connectivity index is 0.00000320. The first-order valence-corrected chi connectivity index (χ1v) is 12.6. The second-order valence-corrected chi connectivity index (χ2v) is 10.5. The molecule has 0 aliphatic heterocycles. The van der Waals surface area contributed by atoms with Crippen molar-refractivity contribution in [1.82, 2.24) is 10.6 Å². The van der Waals surface area contributed by atoms with Crippen molar-refractivity contribution in [2.75, 3.05) is 19.9 Å². The van der Waals surface area contributed by atoms with Gasteiger partial charge in [-0.05, 0) is 50.3 Å². The normalized spacial score (nSPS) is 23.4. The maximum atomic E-state index is 11.8. The van der Waals surface area contributed by atoms with Crippen LogP contribution in [0.2, 0.25) is 0 Å². The Kier molecular flexibility index (Phi) is 9.00. The van der Waals surface area contributed by atoms with Crippen LogP contribution in [0.15, 0.2) is 28.1 Å². The molecule has 1 aromatic rings. The van der Waals surface area contributed by atoms with Crippen LogP contribution in [0.4, 0.5) is 0 Å².